The minimum atomic E-state index is -0.793. The van der Waals surface area contributed by atoms with E-state index in [1.54, 1.807) is 44.4 Å². The molecule has 1 saturated heterocycles. The zero-order chi connectivity index (χ0) is 22.5. The van der Waals surface area contributed by atoms with Crippen LogP contribution in [-0.2, 0) is 20.9 Å². The van der Waals surface area contributed by atoms with Crippen LogP contribution in [0.5, 0.6) is 11.5 Å². The van der Waals surface area contributed by atoms with Crippen molar-refractivity contribution >= 4 is 57.9 Å². The van der Waals surface area contributed by atoms with Crippen LogP contribution in [0.25, 0.3) is 6.08 Å². The van der Waals surface area contributed by atoms with E-state index in [4.69, 9.17) is 38.0 Å². The van der Waals surface area contributed by atoms with Gasteiger partial charge in [0.25, 0.3) is 5.91 Å². The van der Waals surface area contributed by atoms with Crippen molar-refractivity contribution in [3.05, 3.63) is 63.5 Å². The van der Waals surface area contributed by atoms with Crippen molar-refractivity contribution in [2.75, 3.05) is 14.2 Å². The van der Waals surface area contributed by atoms with Gasteiger partial charge in [-0.2, -0.15) is 0 Å². The molecule has 9 heteroatoms. The highest BCUT2D eigenvalue weighted by molar-refractivity contribution is 8.26. The van der Waals surface area contributed by atoms with Crippen LogP contribution in [0.15, 0.2) is 47.4 Å². The van der Waals surface area contributed by atoms with Gasteiger partial charge in [-0.15, -0.1) is 0 Å². The van der Waals surface area contributed by atoms with Gasteiger partial charge in [-0.3, -0.25) is 9.69 Å². The molecule has 1 aliphatic rings. The topological polar surface area (TPSA) is 65.1 Å². The minimum absolute atomic E-state index is 0.291. The van der Waals surface area contributed by atoms with E-state index in [-0.39, 0.29) is 5.91 Å². The standard InChI is InChI=1S/C22H20ClNO5S2/c1-13(21(26)28-3)24-20(25)19(31-22(24)30)11-14-8-9-17(18(10-14)27-2)29-12-15-6-4-5-7-16(15)23/h4-11,13H,12H2,1-3H3/b19-11-/t13-/m1/s1. The number of hydrogen-bond acceptors (Lipinski definition) is 7. The van der Waals surface area contributed by atoms with Crippen LogP contribution in [0.3, 0.4) is 0 Å². The van der Waals surface area contributed by atoms with Crippen molar-refractivity contribution in [1.29, 1.82) is 0 Å². The number of methoxy groups -OCH3 is 2. The molecule has 1 amide bonds. The predicted octanol–water partition coefficient (Wildman–Crippen LogP) is 4.69. The average Bonchev–Trinajstić information content (AvgIpc) is 3.05. The van der Waals surface area contributed by atoms with Crippen LogP contribution in [0.2, 0.25) is 5.02 Å². The number of rotatable bonds is 7. The second-order valence-electron chi connectivity index (χ2n) is 6.54. The molecule has 1 atom stereocenters. The number of halogens is 1. The van der Waals surface area contributed by atoms with E-state index in [1.165, 1.54) is 12.0 Å². The largest absolute Gasteiger partial charge is 0.493 e. The number of carbonyl (C=O) groups excluding carboxylic acids is 2. The number of benzene rings is 2. The zero-order valence-corrected chi connectivity index (χ0v) is 19.5. The third kappa shape index (κ3) is 5.20. The molecule has 0 N–H and O–H groups in total. The van der Waals surface area contributed by atoms with E-state index < -0.39 is 12.0 Å². The molecule has 0 spiro atoms. The second kappa shape index (κ2) is 10.2. The number of nitrogens with zero attached hydrogens (tertiary/aromatic N) is 1. The maximum absolute atomic E-state index is 12.8. The Bertz CT molecular complexity index is 1060. The zero-order valence-electron chi connectivity index (χ0n) is 17.1. The van der Waals surface area contributed by atoms with Crippen molar-refractivity contribution in [1.82, 2.24) is 4.90 Å². The van der Waals surface area contributed by atoms with Crippen LogP contribution < -0.4 is 9.47 Å². The van der Waals surface area contributed by atoms with Gasteiger partial charge in [0.15, 0.2) is 11.5 Å². The molecule has 2 aromatic rings. The molecule has 2 aromatic carbocycles. The maximum Gasteiger partial charge on any atom is 0.328 e. The lowest BCUT2D eigenvalue weighted by molar-refractivity contribution is -0.147. The van der Waals surface area contributed by atoms with Gasteiger partial charge in [0.05, 0.1) is 19.1 Å². The summed E-state index contributed by atoms with van der Waals surface area (Å²) in [4.78, 5) is 26.3. The van der Waals surface area contributed by atoms with Gasteiger partial charge in [0.2, 0.25) is 0 Å². The molecule has 3 rings (SSSR count). The summed E-state index contributed by atoms with van der Waals surface area (Å²) in [5.41, 5.74) is 1.59. The fourth-order valence-corrected chi connectivity index (χ4v) is 4.51. The number of thioether (sulfide) groups is 1. The summed E-state index contributed by atoms with van der Waals surface area (Å²) in [6.07, 6.45) is 1.70. The van der Waals surface area contributed by atoms with Crippen molar-refractivity contribution in [2.24, 2.45) is 0 Å². The molecule has 0 radical (unpaired) electrons. The first-order chi connectivity index (χ1) is 14.8. The SMILES string of the molecule is COC(=O)[C@@H](C)N1C(=O)/C(=C/c2ccc(OCc3ccccc3Cl)c(OC)c2)SC1=S. The Morgan fingerprint density at radius 1 is 1.23 bits per heavy atom. The molecule has 0 aromatic heterocycles. The first-order valence-electron chi connectivity index (χ1n) is 9.24. The lowest BCUT2D eigenvalue weighted by atomic mass is 10.1. The molecule has 0 saturated carbocycles. The van der Waals surface area contributed by atoms with Crippen LogP contribution in [0.4, 0.5) is 0 Å². The fourth-order valence-electron chi connectivity index (χ4n) is 2.91. The third-order valence-electron chi connectivity index (χ3n) is 4.58. The maximum atomic E-state index is 12.8. The molecule has 31 heavy (non-hydrogen) atoms. The normalized spacial score (nSPS) is 15.9. The summed E-state index contributed by atoms with van der Waals surface area (Å²) in [5, 5.41) is 0.626. The van der Waals surface area contributed by atoms with Gasteiger partial charge in [0, 0.05) is 10.6 Å². The Morgan fingerprint density at radius 3 is 2.65 bits per heavy atom. The van der Waals surface area contributed by atoms with E-state index in [0.29, 0.717) is 32.4 Å². The first-order valence-corrected chi connectivity index (χ1v) is 10.8. The number of amides is 1. The van der Waals surface area contributed by atoms with Crippen LogP contribution in [-0.4, -0.2) is 41.4 Å². The van der Waals surface area contributed by atoms with Gasteiger partial charge in [-0.25, -0.2) is 4.79 Å². The lowest BCUT2D eigenvalue weighted by Crippen LogP contribution is -2.42. The van der Waals surface area contributed by atoms with Gasteiger partial charge in [0.1, 0.15) is 17.0 Å². The molecule has 162 valence electrons. The number of hydrogen-bond donors (Lipinski definition) is 0. The molecule has 1 fully saturated rings. The Labute approximate surface area is 195 Å². The molecule has 6 nitrogen and oxygen atoms in total. The number of carbonyl (C=O) groups is 2. The molecule has 1 aliphatic heterocycles. The molecule has 0 unspecified atom stereocenters. The molecular formula is C22H20ClNO5S2. The highest BCUT2D eigenvalue weighted by atomic mass is 35.5. The van der Waals surface area contributed by atoms with Gasteiger partial charge in [-0.1, -0.05) is 59.8 Å². The van der Waals surface area contributed by atoms with E-state index in [2.05, 4.69) is 0 Å². The number of esters is 1. The predicted molar refractivity (Wildman–Crippen MR) is 125 cm³/mol. The third-order valence-corrected chi connectivity index (χ3v) is 6.28. The minimum Gasteiger partial charge on any atom is -0.493 e. The van der Waals surface area contributed by atoms with Crippen molar-refractivity contribution in [2.45, 2.75) is 19.6 Å². The molecular weight excluding hydrogens is 458 g/mol. The molecule has 0 bridgehead atoms. The Balaban J connectivity index is 1.78. The van der Waals surface area contributed by atoms with Crippen LogP contribution in [0, 0.1) is 0 Å². The van der Waals surface area contributed by atoms with Crippen molar-refractivity contribution in [3.63, 3.8) is 0 Å². The second-order valence-corrected chi connectivity index (χ2v) is 8.62. The van der Waals surface area contributed by atoms with Crippen LogP contribution >= 0.6 is 35.6 Å². The quantitative estimate of drug-likeness (QED) is 0.325. The highest BCUT2D eigenvalue weighted by Crippen LogP contribution is 2.36. The summed E-state index contributed by atoms with van der Waals surface area (Å²) in [7, 11) is 2.81. The summed E-state index contributed by atoms with van der Waals surface area (Å²) in [6.45, 7) is 1.87. The fraction of sp³-hybridized carbons (Fsp3) is 0.227. The first kappa shape index (κ1) is 23.1. The van der Waals surface area contributed by atoms with Crippen LogP contribution in [0.1, 0.15) is 18.1 Å². The lowest BCUT2D eigenvalue weighted by Gasteiger charge is -2.20. The average molecular weight is 478 g/mol. The van der Waals surface area contributed by atoms with Gasteiger partial charge in [-0.05, 0) is 36.8 Å². The van der Waals surface area contributed by atoms with E-state index in [1.807, 2.05) is 18.2 Å². The Kier molecular flexibility index (Phi) is 7.59. The number of thiocarbonyl (C=S) groups is 1. The van der Waals surface area contributed by atoms with E-state index in [9.17, 15) is 9.59 Å². The molecule has 0 aliphatic carbocycles. The van der Waals surface area contributed by atoms with E-state index >= 15 is 0 Å². The Morgan fingerprint density at radius 2 is 1.97 bits per heavy atom. The van der Waals surface area contributed by atoms with E-state index in [0.717, 1.165) is 22.9 Å². The number of ether oxygens (including phenoxy) is 3. The Hall–Kier alpha value is -2.55. The summed E-state index contributed by atoms with van der Waals surface area (Å²) in [5.74, 6) is 0.191. The monoisotopic (exact) mass is 477 g/mol. The smallest absolute Gasteiger partial charge is 0.328 e. The van der Waals surface area contributed by atoms with Gasteiger partial charge < -0.3 is 14.2 Å². The highest BCUT2D eigenvalue weighted by Gasteiger charge is 2.38. The summed E-state index contributed by atoms with van der Waals surface area (Å²) < 4.78 is 16.3. The van der Waals surface area contributed by atoms with Gasteiger partial charge >= 0.3 is 5.97 Å². The molecule has 1 heterocycles. The summed E-state index contributed by atoms with van der Waals surface area (Å²) in [6, 6.07) is 12.0. The summed E-state index contributed by atoms with van der Waals surface area (Å²) >= 11 is 12.6. The van der Waals surface area contributed by atoms with Crippen molar-refractivity contribution in [3.8, 4) is 11.5 Å². The van der Waals surface area contributed by atoms with Crippen molar-refractivity contribution < 1.29 is 23.8 Å².